The van der Waals surface area contributed by atoms with Gasteiger partial charge in [-0.05, 0) is 19.1 Å². The van der Waals surface area contributed by atoms with E-state index in [1.54, 1.807) is 6.92 Å². The molecule has 0 spiro atoms. The highest BCUT2D eigenvalue weighted by molar-refractivity contribution is 5.28. The van der Waals surface area contributed by atoms with Crippen molar-refractivity contribution >= 4 is 0 Å². The second-order valence-corrected chi connectivity index (χ2v) is 5.30. The van der Waals surface area contributed by atoms with Gasteiger partial charge in [0.1, 0.15) is 29.6 Å². The second kappa shape index (κ2) is 5.19. The number of rotatable bonds is 3. The van der Waals surface area contributed by atoms with E-state index in [4.69, 9.17) is 4.74 Å². The van der Waals surface area contributed by atoms with E-state index in [0.717, 1.165) is 5.69 Å². The van der Waals surface area contributed by atoms with E-state index in [1.165, 1.54) is 11.0 Å². The molecule has 3 rings (SSSR count). The van der Waals surface area contributed by atoms with Crippen molar-refractivity contribution in [1.29, 1.82) is 0 Å². The van der Waals surface area contributed by atoms with Crippen LogP contribution in [0, 0.1) is 0 Å². The summed E-state index contributed by atoms with van der Waals surface area (Å²) in [6, 6.07) is 9.27. The molecule has 1 aromatic carbocycles. The molecular formula is C14H17N3O4. The Labute approximate surface area is 121 Å². The summed E-state index contributed by atoms with van der Waals surface area (Å²) in [5.74, 6) is 0. The molecule has 1 aromatic heterocycles. The zero-order chi connectivity index (χ0) is 15.0. The van der Waals surface area contributed by atoms with Crippen molar-refractivity contribution in [3.8, 4) is 5.69 Å². The lowest BCUT2D eigenvalue weighted by atomic mass is 9.90. The number of aromatic nitrogens is 3. The molecule has 1 saturated heterocycles. The summed E-state index contributed by atoms with van der Waals surface area (Å²) in [6.07, 6.45) is -1.98. The van der Waals surface area contributed by atoms with Crippen LogP contribution in [0.25, 0.3) is 5.69 Å². The molecule has 21 heavy (non-hydrogen) atoms. The summed E-state index contributed by atoms with van der Waals surface area (Å²) in [5, 5.41) is 38.3. The first kappa shape index (κ1) is 14.2. The van der Waals surface area contributed by atoms with E-state index in [9.17, 15) is 15.3 Å². The Bertz CT molecular complexity index is 618. The molecule has 0 unspecified atom stereocenters. The van der Waals surface area contributed by atoms with Gasteiger partial charge < -0.3 is 20.1 Å². The number of aliphatic hydroxyl groups is 3. The summed E-state index contributed by atoms with van der Waals surface area (Å²) in [5.41, 5.74) is -0.278. The van der Waals surface area contributed by atoms with Gasteiger partial charge in [0.2, 0.25) is 0 Å². The summed E-state index contributed by atoms with van der Waals surface area (Å²) in [4.78, 5) is 1.39. The minimum absolute atomic E-state index is 0.0262. The van der Waals surface area contributed by atoms with Crippen LogP contribution in [0.15, 0.2) is 36.5 Å². The SMILES string of the molecule is C[C@]1([C@H](O)c2cnn(-c3ccccc3)n2)OC[C@@H](O)[C@H]1O. The number of hydrogen-bond acceptors (Lipinski definition) is 6. The molecule has 7 nitrogen and oxygen atoms in total. The normalized spacial score (nSPS) is 30.5. The topological polar surface area (TPSA) is 101 Å². The molecule has 7 heteroatoms. The van der Waals surface area contributed by atoms with Gasteiger partial charge in [-0.15, -0.1) is 0 Å². The van der Waals surface area contributed by atoms with Crippen LogP contribution in [-0.4, -0.2) is 54.7 Å². The number of benzene rings is 1. The van der Waals surface area contributed by atoms with E-state index in [-0.39, 0.29) is 12.3 Å². The molecule has 0 aliphatic carbocycles. The van der Waals surface area contributed by atoms with Crippen LogP contribution in [0.5, 0.6) is 0 Å². The van der Waals surface area contributed by atoms with Crippen LogP contribution < -0.4 is 0 Å². The van der Waals surface area contributed by atoms with Crippen molar-refractivity contribution < 1.29 is 20.1 Å². The highest BCUT2D eigenvalue weighted by Crippen LogP contribution is 2.37. The average Bonchev–Trinajstić information content (AvgIpc) is 3.10. The molecule has 0 saturated carbocycles. The molecule has 3 N–H and O–H groups in total. The molecule has 2 heterocycles. The van der Waals surface area contributed by atoms with E-state index in [1.807, 2.05) is 30.3 Å². The fraction of sp³-hybridized carbons (Fsp3) is 0.429. The Morgan fingerprint density at radius 1 is 1.33 bits per heavy atom. The molecule has 1 fully saturated rings. The minimum Gasteiger partial charge on any atom is -0.388 e. The Morgan fingerprint density at radius 3 is 2.67 bits per heavy atom. The summed E-state index contributed by atoms with van der Waals surface area (Å²) in [7, 11) is 0. The van der Waals surface area contributed by atoms with Crippen molar-refractivity contribution in [2.45, 2.75) is 30.8 Å². The fourth-order valence-electron chi connectivity index (χ4n) is 2.44. The monoisotopic (exact) mass is 291 g/mol. The van der Waals surface area contributed by atoms with Gasteiger partial charge in [0, 0.05) is 0 Å². The van der Waals surface area contributed by atoms with Gasteiger partial charge in [0.15, 0.2) is 0 Å². The Morgan fingerprint density at radius 2 is 2.05 bits per heavy atom. The lowest BCUT2D eigenvalue weighted by Gasteiger charge is -2.31. The lowest BCUT2D eigenvalue weighted by molar-refractivity contribution is -0.128. The summed E-state index contributed by atoms with van der Waals surface area (Å²) >= 11 is 0. The fourth-order valence-corrected chi connectivity index (χ4v) is 2.44. The maximum absolute atomic E-state index is 10.4. The van der Waals surface area contributed by atoms with Crippen LogP contribution in [0.2, 0.25) is 0 Å². The molecule has 1 aliphatic heterocycles. The lowest BCUT2D eigenvalue weighted by Crippen LogP contribution is -2.45. The number of para-hydroxylation sites is 1. The predicted molar refractivity (Wildman–Crippen MR) is 72.7 cm³/mol. The van der Waals surface area contributed by atoms with Gasteiger partial charge in [0.25, 0.3) is 0 Å². The highest BCUT2D eigenvalue weighted by Gasteiger charge is 2.51. The van der Waals surface area contributed by atoms with E-state index in [0.29, 0.717) is 0 Å². The maximum atomic E-state index is 10.4. The van der Waals surface area contributed by atoms with Crippen LogP contribution in [0.1, 0.15) is 18.7 Å². The number of ether oxygens (including phenoxy) is 1. The molecule has 1 aliphatic rings. The summed E-state index contributed by atoms with van der Waals surface area (Å²) < 4.78 is 5.37. The first-order chi connectivity index (χ1) is 10.0. The van der Waals surface area contributed by atoms with E-state index < -0.39 is 23.9 Å². The van der Waals surface area contributed by atoms with Crippen LogP contribution >= 0.6 is 0 Å². The van der Waals surface area contributed by atoms with Crippen molar-refractivity contribution in [2.24, 2.45) is 0 Å². The zero-order valence-corrected chi connectivity index (χ0v) is 11.5. The molecule has 0 radical (unpaired) electrons. The molecule has 0 bridgehead atoms. The van der Waals surface area contributed by atoms with Gasteiger partial charge in [0.05, 0.1) is 18.5 Å². The van der Waals surface area contributed by atoms with Crippen molar-refractivity contribution in [2.75, 3.05) is 6.61 Å². The predicted octanol–water partition coefficient (Wildman–Crippen LogP) is -0.189. The Balaban J connectivity index is 1.87. The second-order valence-electron chi connectivity index (χ2n) is 5.30. The Kier molecular flexibility index (Phi) is 3.50. The van der Waals surface area contributed by atoms with Crippen molar-refractivity contribution in [3.05, 3.63) is 42.2 Å². The molecule has 112 valence electrons. The maximum Gasteiger partial charge on any atom is 0.131 e. The number of aliphatic hydroxyl groups excluding tert-OH is 3. The number of nitrogens with zero attached hydrogens (tertiary/aromatic N) is 3. The van der Waals surface area contributed by atoms with Crippen LogP contribution in [-0.2, 0) is 4.74 Å². The van der Waals surface area contributed by atoms with Gasteiger partial charge >= 0.3 is 0 Å². The van der Waals surface area contributed by atoms with Crippen LogP contribution in [0.3, 0.4) is 0 Å². The third-order valence-electron chi connectivity index (χ3n) is 3.84. The van der Waals surface area contributed by atoms with Crippen LogP contribution in [0.4, 0.5) is 0 Å². The third kappa shape index (κ3) is 2.34. The summed E-state index contributed by atoms with van der Waals surface area (Å²) in [6.45, 7) is 1.52. The first-order valence-corrected chi connectivity index (χ1v) is 6.68. The smallest absolute Gasteiger partial charge is 0.131 e. The van der Waals surface area contributed by atoms with Crippen molar-refractivity contribution in [1.82, 2.24) is 15.0 Å². The van der Waals surface area contributed by atoms with Crippen molar-refractivity contribution in [3.63, 3.8) is 0 Å². The van der Waals surface area contributed by atoms with Gasteiger partial charge in [-0.2, -0.15) is 15.0 Å². The van der Waals surface area contributed by atoms with Gasteiger partial charge in [-0.3, -0.25) is 0 Å². The molecule has 4 atom stereocenters. The molecule has 2 aromatic rings. The minimum atomic E-state index is -1.31. The molecule has 0 amide bonds. The zero-order valence-electron chi connectivity index (χ0n) is 11.5. The standard InChI is InChI=1S/C14H17N3O4/c1-14(13(20)11(18)8-21-14)12(19)10-7-15-17(16-10)9-5-3-2-4-6-9/h2-7,11-13,18-20H,8H2,1H3/t11-,12-,13-,14-/m1/s1. The average molecular weight is 291 g/mol. The third-order valence-corrected chi connectivity index (χ3v) is 3.84. The Hall–Kier alpha value is -1.80. The number of hydrogen-bond donors (Lipinski definition) is 3. The van der Waals surface area contributed by atoms with E-state index in [2.05, 4.69) is 10.2 Å². The molecular weight excluding hydrogens is 274 g/mol. The van der Waals surface area contributed by atoms with E-state index >= 15 is 0 Å². The first-order valence-electron chi connectivity index (χ1n) is 6.68. The largest absolute Gasteiger partial charge is 0.388 e. The van der Waals surface area contributed by atoms with Gasteiger partial charge in [-0.25, -0.2) is 0 Å². The quantitative estimate of drug-likeness (QED) is 0.725. The highest BCUT2D eigenvalue weighted by atomic mass is 16.6. The van der Waals surface area contributed by atoms with Gasteiger partial charge in [-0.1, -0.05) is 18.2 Å².